The van der Waals surface area contributed by atoms with Gasteiger partial charge in [-0.1, -0.05) is 17.7 Å². The van der Waals surface area contributed by atoms with Gasteiger partial charge in [0, 0.05) is 22.6 Å². The van der Waals surface area contributed by atoms with E-state index in [0.717, 1.165) is 27.5 Å². The molecule has 2 heterocycles. The quantitative estimate of drug-likeness (QED) is 0.679. The molecule has 0 unspecified atom stereocenters. The minimum absolute atomic E-state index is 0.252. The molecule has 1 N–H and O–H groups in total. The number of Topliss-reactive ketones (excluding diaryl/α,β-unsaturated/α-hetero) is 1. The van der Waals surface area contributed by atoms with E-state index in [9.17, 15) is 14.4 Å². The third kappa shape index (κ3) is 2.92. The lowest BCUT2D eigenvalue weighted by atomic mass is 10.1. The molecule has 2 aromatic rings. The van der Waals surface area contributed by atoms with Crippen molar-refractivity contribution in [3.8, 4) is 5.69 Å². The standard InChI is InChI=1S/C20H23N3O3/c1-12-6-8-15(9-7-12)23-13(2)10-16(14(23)3)17(24)11-22-18(25)20(4,5)21-19(22)26/h6-10H,11H2,1-5H3,(H,21,26). The molecule has 6 nitrogen and oxygen atoms in total. The Kier molecular flexibility index (Phi) is 4.22. The number of nitrogens with one attached hydrogen (secondary N) is 1. The summed E-state index contributed by atoms with van der Waals surface area (Å²) in [6.07, 6.45) is 0. The van der Waals surface area contributed by atoms with E-state index >= 15 is 0 Å². The maximum absolute atomic E-state index is 12.8. The Morgan fingerprint density at radius 1 is 1.08 bits per heavy atom. The van der Waals surface area contributed by atoms with Gasteiger partial charge in [-0.05, 0) is 52.8 Å². The first-order chi connectivity index (χ1) is 12.1. The highest BCUT2D eigenvalue weighted by atomic mass is 16.2. The molecule has 1 saturated heterocycles. The van der Waals surface area contributed by atoms with Crippen LogP contribution in [0.1, 0.15) is 41.2 Å². The molecule has 1 aliphatic rings. The zero-order valence-electron chi connectivity index (χ0n) is 15.7. The third-order valence-electron chi connectivity index (χ3n) is 4.77. The number of imide groups is 1. The summed E-state index contributed by atoms with van der Waals surface area (Å²) in [6.45, 7) is 8.82. The minimum Gasteiger partial charge on any atom is -0.324 e. The van der Waals surface area contributed by atoms with Gasteiger partial charge >= 0.3 is 6.03 Å². The van der Waals surface area contributed by atoms with Crippen LogP contribution in [-0.4, -0.2) is 39.3 Å². The molecular formula is C20H23N3O3. The van der Waals surface area contributed by atoms with Crippen molar-refractivity contribution >= 4 is 17.7 Å². The van der Waals surface area contributed by atoms with Gasteiger partial charge in [-0.25, -0.2) is 4.79 Å². The number of aromatic nitrogens is 1. The maximum atomic E-state index is 12.8. The molecule has 0 atom stereocenters. The highest BCUT2D eigenvalue weighted by Gasteiger charge is 2.45. The second-order valence-corrected chi connectivity index (χ2v) is 7.33. The fraction of sp³-hybridized carbons (Fsp3) is 0.350. The van der Waals surface area contributed by atoms with Gasteiger partial charge < -0.3 is 9.88 Å². The molecule has 3 rings (SSSR count). The highest BCUT2D eigenvalue weighted by Crippen LogP contribution is 2.23. The first-order valence-corrected chi connectivity index (χ1v) is 8.55. The lowest BCUT2D eigenvalue weighted by Crippen LogP contribution is -2.41. The van der Waals surface area contributed by atoms with E-state index in [4.69, 9.17) is 0 Å². The Morgan fingerprint density at radius 3 is 2.23 bits per heavy atom. The Morgan fingerprint density at radius 2 is 1.69 bits per heavy atom. The monoisotopic (exact) mass is 353 g/mol. The zero-order chi connectivity index (χ0) is 19.2. The lowest BCUT2D eigenvalue weighted by Gasteiger charge is -2.15. The van der Waals surface area contributed by atoms with Gasteiger partial charge in [0.2, 0.25) is 0 Å². The normalized spacial score (nSPS) is 16.1. The molecule has 26 heavy (non-hydrogen) atoms. The van der Waals surface area contributed by atoms with Crippen LogP contribution in [0.2, 0.25) is 0 Å². The van der Waals surface area contributed by atoms with Crippen molar-refractivity contribution in [2.24, 2.45) is 0 Å². The van der Waals surface area contributed by atoms with Crippen LogP contribution in [0.4, 0.5) is 4.79 Å². The predicted octanol–water partition coefficient (Wildman–Crippen LogP) is 2.92. The summed E-state index contributed by atoms with van der Waals surface area (Å²) in [5.41, 5.74) is 3.40. The second kappa shape index (κ2) is 6.12. The number of ketones is 1. The van der Waals surface area contributed by atoms with E-state index in [2.05, 4.69) is 5.32 Å². The number of carbonyl (C=O) groups excluding carboxylic acids is 3. The van der Waals surface area contributed by atoms with E-state index in [0.29, 0.717) is 5.56 Å². The topological polar surface area (TPSA) is 71.4 Å². The number of urea groups is 1. The Bertz CT molecular complexity index is 907. The Labute approximate surface area is 152 Å². The lowest BCUT2D eigenvalue weighted by molar-refractivity contribution is -0.129. The molecule has 0 aliphatic carbocycles. The van der Waals surface area contributed by atoms with Gasteiger partial charge in [0.05, 0.1) is 6.54 Å². The average Bonchev–Trinajstić information content (AvgIpc) is 2.96. The van der Waals surface area contributed by atoms with Crippen molar-refractivity contribution in [2.75, 3.05) is 6.54 Å². The molecule has 1 aromatic carbocycles. The number of carbonyl (C=O) groups is 3. The average molecular weight is 353 g/mol. The molecule has 1 fully saturated rings. The van der Waals surface area contributed by atoms with Crippen molar-refractivity contribution in [3.63, 3.8) is 0 Å². The van der Waals surface area contributed by atoms with Crippen molar-refractivity contribution in [3.05, 3.63) is 52.8 Å². The SMILES string of the molecule is Cc1ccc(-n2c(C)cc(C(=O)CN3C(=O)NC(C)(C)C3=O)c2C)cc1. The van der Waals surface area contributed by atoms with Crippen LogP contribution in [0.3, 0.4) is 0 Å². The van der Waals surface area contributed by atoms with Gasteiger partial charge in [-0.2, -0.15) is 0 Å². The fourth-order valence-corrected chi connectivity index (χ4v) is 3.33. The van der Waals surface area contributed by atoms with Crippen LogP contribution < -0.4 is 5.32 Å². The first kappa shape index (κ1) is 17.9. The number of nitrogens with zero attached hydrogens (tertiary/aromatic N) is 2. The summed E-state index contributed by atoms with van der Waals surface area (Å²) >= 11 is 0. The Balaban J connectivity index is 1.90. The van der Waals surface area contributed by atoms with E-state index in [1.807, 2.05) is 49.6 Å². The zero-order valence-corrected chi connectivity index (χ0v) is 15.7. The molecular weight excluding hydrogens is 330 g/mol. The number of rotatable bonds is 4. The Hall–Kier alpha value is -2.89. The number of hydrogen-bond acceptors (Lipinski definition) is 3. The van der Waals surface area contributed by atoms with Crippen molar-refractivity contribution in [1.29, 1.82) is 0 Å². The van der Waals surface area contributed by atoms with E-state index in [1.165, 1.54) is 0 Å². The van der Waals surface area contributed by atoms with Crippen LogP contribution in [0.5, 0.6) is 0 Å². The van der Waals surface area contributed by atoms with Crippen molar-refractivity contribution < 1.29 is 14.4 Å². The van der Waals surface area contributed by atoms with Gasteiger partial charge in [0.1, 0.15) is 5.54 Å². The molecule has 0 bridgehead atoms. The minimum atomic E-state index is -0.976. The van der Waals surface area contributed by atoms with Crippen LogP contribution in [0.15, 0.2) is 30.3 Å². The molecule has 1 aromatic heterocycles. The van der Waals surface area contributed by atoms with Gasteiger partial charge in [-0.3, -0.25) is 14.5 Å². The van der Waals surface area contributed by atoms with Crippen molar-refractivity contribution in [1.82, 2.24) is 14.8 Å². The molecule has 3 amide bonds. The second-order valence-electron chi connectivity index (χ2n) is 7.33. The number of aryl methyl sites for hydroxylation is 2. The van der Waals surface area contributed by atoms with E-state index in [-0.39, 0.29) is 18.2 Å². The molecule has 6 heteroatoms. The first-order valence-electron chi connectivity index (χ1n) is 8.55. The summed E-state index contributed by atoms with van der Waals surface area (Å²) in [5, 5.41) is 2.59. The molecule has 1 aliphatic heterocycles. The summed E-state index contributed by atoms with van der Waals surface area (Å²) in [5.74, 6) is -0.638. The number of benzene rings is 1. The summed E-state index contributed by atoms with van der Waals surface area (Å²) in [6, 6.07) is 9.32. The van der Waals surface area contributed by atoms with Gasteiger partial charge in [0.15, 0.2) is 5.78 Å². The van der Waals surface area contributed by atoms with Crippen LogP contribution in [-0.2, 0) is 4.79 Å². The molecule has 136 valence electrons. The number of amides is 3. The molecule has 0 saturated carbocycles. The predicted molar refractivity (Wildman–Crippen MR) is 98.6 cm³/mol. The highest BCUT2D eigenvalue weighted by molar-refractivity contribution is 6.11. The fourth-order valence-electron chi connectivity index (χ4n) is 3.33. The molecule has 0 spiro atoms. The largest absolute Gasteiger partial charge is 0.325 e. The summed E-state index contributed by atoms with van der Waals surface area (Å²) in [4.78, 5) is 38.1. The summed E-state index contributed by atoms with van der Waals surface area (Å²) in [7, 11) is 0. The third-order valence-corrected chi connectivity index (χ3v) is 4.77. The summed E-state index contributed by atoms with van der Waals surface area (Å²) < 4.78 is 2.00. The van der Waals surface area contributed by atoms with Gasteiger partial charge in [-0.15, -0.1) is 0 Å². The maximum Gasteiger partial charge on any atom is 0.325 e. The van der Waals surface area contributed by atoms with Crippen LogP contribution in [0.25, 0.3) is 5.69 Å². The van der Waals surface area contributed by atoms with E-state index in [1.54, 1.807) is 19.9 Å². The smallest absolute Gasteiger partial charge is 0.324 e. The van der Waals surface area contributed by atoms with E-state index < -0.39 is 11.6 Å². The van der Waals surface area contributed by atoms with Crippen LogP contribution in [0, 0.1) is 20.8 Å². The number of hydrogen-bond donors (Lipinski definition) is 1. The molecule has 0 radical (unpaired) electrons. The van der Waals surface area contributed by atoms with Gasteiger partial charge in [0.25, 0.3) is 5.91 Å². The van der Waals surface area contributed by atoms with Crippen LogP contribution >= 0.6 is 0 Å². The van der Waals surface area contributed by atoms with Crippen molar-refractivity contribution in [2.45, 2.75) is 40.2 Å².